The zero-order valence-electron chi connectivity index (χ0n) is 16.5. The molecule has 1 N–H and O–H groups in total. The number of carbonyl (C=O) groups is 1. The maximum Gasteiger partial charge on any atom is 0.276 e. The maximum absolute atomic E-state index is 13.0. The van der Waals surface area contributed by atoms with Crippen LogP contribution in [0.1, 0.15) is 29.9 Å². The van der Waals surface area contributed by atoms with Gasteiger partial charge in [0.05, 0.1) is 6.61 Å². The second kappa shape index (κ2) is 9.04. The average molecular weight is 375 g/mol. The van der Waals surface area contributed by atoms with Crippen LogP contribution in [0.4, 0.5) is 17.1 Å². The standard InChI is InChI=1S/C23H25N3O2/c1-4-26(20-8-6-7-17(3)15-20)23(27)22-16-19(13-14-24-22)25-18-9-11-21(12-10-18)28-5-2/h6-16H,4-5H2,1-3H3,(H,24,25). The highest BCUT2D eigenvalue weighted by atomic mass is 16.5. The van der Waals surface area contributed by atoms with Crippen molar-refractivity contribution in [3.05, 3.63) is 78.1 Å². The van der Waals surface area contributed by atoms with E-state index in [9.17, 15) is 4.79 Å². The van der Waals surface area contributed by atoms with E-state index in [4.69, 9.17) is 4.74 Å². The van der Waals surface area contributed by atoms with Crippen LogP contribution >= 0.6 is 0 Å². The Hall–Kier alpha value is -3.34. The van der Waals surface area contributed by atoms with Gasteiger partial charge in [0.15, 0.2) is 0 Å². The topological polar surface area (TPSA) is 54.5 Å². The summed E-state index contributed by atoms with van der Waals surface area (Å²) in [5.41, 5.74) is 4.11. The van der Waals surface area contributed by atoms with Crippen molar-refractivity contribution < 1.29 is 9.53 Å². The van der Waals surface area contributed by atoms with E-state index in [-0.39, 0.29) is 5.91 Å². The lowest BCUT2D eigenvalue weighted by atomic mass is 10.2. The van der Waals surface area contributed by atoms with E-state index >= 15 is 0 Å². The van der Waals surface area contributed by atoms with E-state index in [1.807, 2.05) is 75.4 Å². The second-order valence-corrected chi connectivity index (χ2v) is 6.40. The lowest BCUT2D eigenvalue weighted by molar-refractivity contribution is 0.0983. The molecule has 144 valence electrons. The zero-order chi connectivity index (χ0) is 19.9. The van der Waals surface area contributed by atoms with Gasteiger partial charge < -0.3 is 15.0 Å². The number of anilines is 3. The first-order valence-corrected chi connectivity index (χ1v) is 9.45. The molecule has 28 heavy (non-hydrogen) atoms. The highest BCUT2D eigenvalue weighted by molar-refractivity contribution is 6.05. The van der Waals surface area contributed by atoms with E-state index in [1.165, 1.54) is 0 Å². The Kier molecular flexibility index (Phi) is 6.27. The van der Waals surface area contributed by atoms with Gasteiger partial charge in [-0.2, -0.15) is 0 Å². The average Bonchev–Trinajstić information content (AvgIpc) is 2.70. The molecule has 0 unspecified atom stereocenters. The van der Waals surface area contributed by atoms with Gasteiger partial charge in [-0.15, -0.1) is 0 Å². The van der Waals surface area contributed by atoms with Gasteiger partial charge in [0.2, 0.25) is 0 Å². The molecule has 0 radical (unpaired) electrons. The summed E-state index contributed by atoms with van der Waals surface area (Å²) in [5.74, 6) is 0.707. The fourth-order valence-corrected chi connectivity index (χ4v) is 2.97. The van der Waals surface area contributed by atoms with Gasteiger partial charge in [-0.3, -0.25) is 9.78 Å². The first kappa shape index (κ1) is 19.4. The summed E-state index contributed by atoms with van der Waals surface area (Å²) in [6.07, 6.45) is 1.65. The molecule has 0 aliphatic heterocycles. The van der Waals surface area contributed by atoms with Crippen LogP contribution in [0.25, 0.3) is 0 Å². The normalized spacial score (nSPS) is 10.4. The van der Waals surface area contributed by atoms with Crippen molar-refractivity contribution in [1.29, 1.82) is 0 Å². The molecule has 0 atom stereocenters. The fourth-order valence-electron chi connectivity index (χ4n) is 2.97. The molecule has 0 saturated carbocycles. The van der Waals surface area contributed by atoms with Crippen LogP contribution in [-0.2, 0) is 0 Å². The minimum Gasteiger partial charge on any atom is -0.494 e. The van der Waals surface area contributed by atoms with Crippen LogP contribution in [0, 0.1) is 6.92 Å². The van der Waals surface area contributed by atoms with E-state index < -0.39 is 0 Å². The molecule has 0 saturated heterocycles. The third kappa shape index (κ3) is 4.68. The molecule has 0 bridgehead atoms. The van der Waals surface area contributed by atoms with Crippen molar-refractivity contribution >= 4 is 23.0 Å². The number of hydrogen-bond acceptors (Lipinski definition) is 4. The van der Waals surface area contributed by atoms with Crippen molar-refractivity contribution in [3.8, 4) is 5.75 Å². The molecule has 0 fully saturated rings. The fraction of sp³-hybridized carbons (Fsp3) is 0.217. The summed E-state index contributed by atoms with van der Waals surface area (Å²) >= 11 is 0. The molecule has 3 rings (SSSR count). The smallest absolute Gasteiger partial charge is 0.276 e. The third-order valence-electron chi connectivity index (χ3n) is 4.31. The Labute approximate surface area is 166 Å². The molecular weight excluding hydrogens is 350 g/mol. The highest BCUT2D eigenvalue weighted by Gasteiger charge is 2.18. The van der Waals surface area contributed by atoms with Crippen molar-refractivity contribution in [2.75, 3.05) is 23.4 Å². The van der Waals surface area contributed by atoms with Crippen LogP contribution in [0.2, 0.25) is 0 Å². The number of hydrogen-bond donors (Lipinski definition) is 1. The summed E-state index contributed by atoms with van der Waals surface area (Å²) in [6, 6.07) is 19.2. The zero-order valence-corrected chi connectivity index (χ0v) is 16.5. The Morgan fingerprint density at radius 2 is 1.82 bits per heavy atom. The van der Waals surface area contributed by atoms with Gasteiger partial charge in [-0.05, 0) is 74.9 Å². The van der Waals surface area contributed by atoms with Gasteiger partial charge in [-0.1, -0.05) is 12.1 Å². The van der Waals surface area contributed by atoms with E-state index in [1.54, 1.807) is 17.2 Å². The van der Waals surface area contributed by atoms with Gasteiger partial charge in [0.25, 0.3) is 5.91 Å². The summed E-state index contributed by atoms with van der Waals surface area (Å²) in [4.78, 5) is 19.0. The SMILES string of the molecule is CCOc1ccc(Nc2ccnc(C(=O)N(CC)c3cccc(C)c3)c2)cc1. The van der Waals surface area contributed by atoms with Gasteiger partial charge in [-0.25, -0.2) is 0 Å². The molecule has 5 nitrogen and oxygen atoms in total. The number of nitrogens with one attached hydrogen (secondary N) is 1. The summed E-state index contributed by atoms with van der Waals surface area (Å²) < 4.78 is 5.46. The summed E-state index contributed by atoms with van der Waals surface area (Å²) in [7, 11) is 0. The number of amides is 1. The van der Waals surface area contributed by atoms with Crippen molar-refractivity contribution in [1.82, 2.24) is 4.98 Å². The third-order valence-corrected chi connectivity index (χ3v) is 4.31. The molecule has 1 amide bonds. The predicted molar refractivity (Wildman–Crippen MR) is 114 cm³/mol. The number of pyridine rings is 1. The highest BCUT2D eigenvalue weighted by Crippen LogP contribution is 2.22. The second-order valence-electron chi connectivity index (χ2n) is 6.40. The molecule has 1 heterocycles. The molecule has 0 spiro atoms. The quantitative estimate of drug-likeness (QED) is 0.617. The molecule has 5 heteroatoms. The maximum atomic E-state index is 13.0. The Bertz CT molecular complexity index is 939. The first-order chi connectivity index (χ1) is 13.6. The lowest BCUT2D eigenvalue weighted by Gasteiger charge is -2.21. The summed E-state index contributed by atoms with van der Waals surface area (Å²) in [5, 5.41) is 3.31. The molecule has 3 aromatic rings. The van der Waals surface area contributed by atoms with Crippen LogP contribution in [0.3, 0.4) is 0 Å². The number of carbonyl (C=O) groups excluding carboxylic acids is 1. The molecule has 2 aromatic carbocycles. The van der Waals surface area contributed by atoms with Crippen molar-refractivity contribution in [3.63, 3.8) is 0 Å². The molecular formula is C23H25N3O2. The lowest BCUT2D eigenvalue weighted by Crippen LogP contribution is -2.31. The summed E-state index contributed by atoms with van der Waals surface area (Å²) in [6.45, 7) is 7.14. The van der Waals surface area contributed by atoms with Crippen LogP contribution in [0.15, 0.2) is 66.9 Å². The Balaban J connectivity index is 1.78. The molecule has 1 aromatic heterocycles. The van der Waals surface area contributed by atoms with Crippen molar-refractivity contribution in [2.24, 2.45) is 0 Å². The largest absolute Gasteiger partial charge is 0.494 e. The van der Waals surface area contributed by atoms with Crippen LogP contribution in [0.5, 0.6) is 5.75 Å². The minimum atomic E-state index is -0.122. The predicted octanol–water partition coefficient (Wildman–Crippen LogP) is 5.20. The van der Waals surface area contributed by atoms with E-state index in [0.29, 0.717) is 18.8 Å². The Morgan fingerprint density at radius 3 is 2.50 bits per heavy atom. The van der Waals surface area contributed by atoms with Crippen LogP contribution < -0.4 is 15.0 Å². The number of aryl methyl sites for hydroxylation is 1. The van der Waals surface area contributed by atoms with Gasteiger partial charge in [0, 0.05) is 29.8 Å². The monoisotopic (exact) mass is 375 g/mol. The number of benzene rings is 2. The van der Waals surface area contributed by atoms with Crippen LogP contribution in [-0.4, -0.2) is 24.0 Å². The first-order valence-electron chi connectivity index (χ1n) is 9.45. The van der Waals surface area contributed by atoms with Gasteiger partial charge in [0.1, 0.15) is 11.4 Å². The Morgan fingerprint density at radius 1 is 1.04 bits per heavy atom. The van der Waals surface area contributed by atoms with E-state index in [2.05, 4.69) is 10.3 Å². The number of aromatic nitrogens is 1. The molecule has 0 aliphatic rings. The number of nitrogens with zero attached hydrogens (tertiary/aromatic N) is 2. The van der Waals surface area contributed by atoms with E-state index in [0.717, 1.165) is 28.4 Å². The van der Waals surface area contributed by atoms with Gasteiger partial charge >= 0.3 is 0 Å². The minimum absolute atomic E-state index is 0.122. The van der Waals surface area contributed by atoms with Crippen molar-refractivity contribution in [2.45, 2.75) is 20.8 Å². The number of rotatable bonds is 7. The number of ether oxygens (including phenoxy) is 1. The molecule has 0 aliphatic carbocycles.